The molecule has 1 heterocycles. The minimum absolute atomic E-state index is 0.156. The van der Waals surface area contributed by atoms with Crippen LogP contribution in [-0.4, -0.2) is 22.8 Å². The van der Waals surface area contributed by atoms with Crippen molar-refractivity contribution in [2.45, 2.75) is 32.7 Å². The Hall–Kier alpha value is -2.30. The maximum atomic E-state index is 12.2. The number of hydrogen-bond donors (Lipinski definition) is 1. The van der Waals surface area contributed by atoms with Gasteiger partial charge < -0.3 is 14.4 Å². The molecule has 0 spiro atoms. The van der Waals surface area contributed by atoms with Crippen molar-refractivity contribution in [1.29, 1.82) is 0 Å². The van der Waals surface area contributed by atoms with Crippen molar-refractivity contribution >= 4 is 16.9 Å². The predicted octanol–water partition coefficient (Wildman–Crippen LogP) is 2.44. The van der Waals surface area contributed by atoms with Gasteiger partial charge in [0.15, 0.2) is 5.43 Å². The molecule has 5 heteroatoms. The second kappa shape index (κ2) is 6.43. The van der Waals surface area contributed by atoms with Crippen molar-refractivity contribution in [2.24, 2.45) is 0 Å². The number of pyridine rings is 1. The van der Waals surface area contributed by atoms with Gasteiger partial charge in [-0.15, -0.1) is 0 Å². The minimum Gasteiger partial charge on any atom is -0.497 e. The zero-order chi connectivity index (χ0) is 15.4. The number of nitrogens with zero attached hydrogens (tertiary/aromatic N) is 1. The number of carboxylic acid groups (broad SMARTS) is 1. The van der Waals surface area contributed by atoms with Gasteiger partial charge >= 0.3 is 5.97 Å². The van der Waals surface area contributed by atoms with Crippen molar-refractivity contribution in [1.82, 2.24) is 4.57 Å². The molecule has 2 rings (SSSR count). The highest BCUT2D eigenvalue weighted by Gasteiger charge is 2.12. The number of carboxylic acids is 1. The van der Waals surface area contributed by atoms with Crippen molar-refractivity contribution < 1.29 is 14.6 Å². The lowest BCUT2D eigenvalue weighted by Crippen LogP contribution is -2.17. The van der Waals surface area contributed by atoms with Crippen LogP contribution in [0.2, 0.25) is 0 Å². The topological polar surface area (TPSA) is 68.5 Å². The largest absolute Gasteiger partial charge is 0.497 e. The fraction of sp³-hybridized carbons (Fsp3) is 0.375. The number of fused-ring (bicyclic) bond motifs is 1. The second-order valence-electron chi connectivity index (χ2n) is 4.96. The molecule has 5 nitrogen and oxygen atoms in total. The smallest absolute Gasteiger partial charge is 0.309 e. The molecule has 0 saturated heterocycles. The summed E-state index contributed by atoms with van der Waals surface area (Å²) in [5.74, 6) is -0.290. The number of ether oxygens (including phenoxy) is 1. The first-order valence-corrected chi connectivity index (χ1v) is 6.99. The zero-order valence-corrected chi connectivity index (χ0v) is 12.3. The van der Waals surface area contributed by atoms with Gasteiger partial charge in [-0.05, 0) is 18.6 Å². The third-order valence-corrected chi connectivity index (χ3v) is 3.47. The van der Waals surface area contributed by atoms with E-state index in [-0.39, 0.29) is 11.8 Å². The number of aliphatic carboxylic acids is 1. The Kier molecular flexibility index (Phi) is 4.62. The Bertz CT molecular complexity index is 718. The van der Waals surface area contributed by atoms with Crippen molar-refractivity contribution in [3.05, 3.63) is 40.2 Å². The standard InChI is InChI=1S/C16H19NO4/c1-3-4-7-17-11(9-16(19)20)8-15(18)13-6-5-12(21-2)10-14(13)17/h5-6,8,10H,3-4,7,9H2,1-2H3,(H,19,20). The normalized spacial score (nSPS) is 10.8. The Morgan fingerprint density at radius 2 is 2.10 bits per heavy atom. The van der Waals surface area contributed by atoms with E-state index in [9.17, 15) is 9.59 Å². The number of aromatic nitrogens is 1. The summed E-state index contributed by atoms with van der Waals surface area (Å²) >= 11 is 0. The third kappa shape index (κ3) is 3.24. The van der Waals surface area contributed by atoms with Gasteiger partial charge in [-0.1, -0.05) is 13.3 Å². The molecule has 0 aliphatic carbocycles. The van der Waals surface area contributed by atoms with E-state index in [4.69, 9.17) is 9.84 Å². The summed E-state index contributed by atoms with van der Waals surface area (Å²) in [6.45, 7) is 2.76. The highest BCUT2D eigenvalue weighted by Crippen LogP contribution is 2.21. The lowest BCUT2D eigenvalue weighted by Gasteiger charge is -2.16. The summed E-state index contributed by atoms with van der Waals surface area (Å²) in [6, 6.07) is 6.69. The van der Waals surface area contributed by atoms with Gasteiger partial charge in [-0.3, -0.25) is 9.59 Å². The van der Waals surface area contributed by atoms with Crippen LogP contribution in [0.1, 0.15) is 25.5 Å². The molecule has 1 N–H and O–H groups in total. The molecule has 0 bridgehead atoms. The second-order valence-corrected chi connectivity index (χ2v) is 4.96. The molecule has 21 heavy (non-hydrogen) atoms. The molecule has 1 aromatic heterocycles. The number of unbranched alkanes of at least 4 members (excludes halogenated alkanes) is 1. The van der Waals surface area contributed by atoms with E-state index in [1.165, 1.54) is 6.07 Å². The first-order chi connectivity index (χ1) is 10.1. The maximum Gasteiger partial charge on any atom is 0.309 e. The van der Waals surface area contributed by atoms with E-state index in [1.807, 2.05) is 4.57 Å². The summed E-state index contributed by atoms with van der Waals surface area (Å²) < 4.78 is 7.12. The van der Waals surface area contributed by atoms with E-state index >= 15 is 0 Å². The van der Waals surface area contributed by atoms with Gasteiger partial charge in [-0.2, -0.15) is 0 Å². The van der Waals surface area contributed by atoms with E-state index < -0.39 is 5.97 Å². The van der Waals surface area contributed by atoms with Gasteiger partial charge in [0, 0.05) is 29.8 Å². The molecule has 0 aliphatic rings. The highest BCUT2D eigenvalue weighted by molar-refractivity contribution is 5.81. The average molecular weight is 289 g/mol. The fourth-order valence-electron chi connectivity index (χ4n) is 2.41. The van der Waals surface area contributed by atoms with Gasteiger partial charge in [0.05, 0.1) is 19.0 Å². The number of hydrogen-bond acceptors (Lipinski definition) is 3. The lowest BCUT2D eigenvalue weighted by molar-refractivity contribution is -0.136. The summed E-state index contributed by atoms with van der Waals surface area (Å²) in [5.41, 5.74) is 1.10. The number of methoxy groups -OCH3 is 1. The lowest BCUT2D eigenvalue weighted by atomic mass is 10.1. The van der Waals surface area contributed by atoms with E-state index in [2.05, 4.69) is 6.92 Å². The summed E-state index contributed by atoms with van der Waals surface area (Å²) in [7, 11) is 1.57. The van der Waals surface area contributed by atoms with Crippen LogP contribution in [0.4, 0.5) is 0 Å². The molecule has 0 atom stereocenters. The van der Waals surface area contributed by atoms with Crippen LogP contribution in [0.25, 0.3) is 10.9 Å². The fourth-order valence-corrected chi connectivity index (χ4v) is 2.41. The Labute approximate surface area is 122 Å². The Morgan fingerprint density at radius 3 is 2.71 bits per heavy atom. The average Bonchev–Trinajstić information content (AvgIpc) is 2.45. The van der Waals surface area contributed by atoms with E-state index in [1.54, 1.807) is 25.3 Å². The predicted molar refractivity (Wildman–Crippen MR) is 81.0 cm³/mol. The molecule has 2 aromatic rings. The number of benzene rings is 1. The van der Waals surface area contributed by atoms with Gasteiger partial charge in [-0.25, -0.2) is 0 Å². The summed E-state index contributed by atoms with van der Waals surface area (Å²) in [4.78, 5) is 23.2. The SMILES string of the molecule is CCCCn1c(CC(=O)O)cc(=O)c2ccc(OC)cc21. The molecule has 0 saturated carbocycles. The van der Waals surface area contributed by atoms with Gasteiger partial charge in [0.25, 0.3) is 0 Å². The molecule has 0 fully saturated rings. The van der Waals surface area contributed by atoms with Crippen LogP contribution < -0.4 is 10.2 Å². The highest BCUT2D eigenvalue weighted by atomic mass is 16.5. The molecule has 0 radical (unpaired) electrons. The quantitative estimate of drug-likeness (QED) is 0.886. The number of aryl methyl sites for hydroxylation is 1. The molecule has 0 unspecified atom stereocenters. The third-order valence-electron chi connectivity index (χ3n) is 3.47. The molecule has 0 amide bonds. The molecule has 1 aromatic carbocycles. The van der Waals surface area contributed by atoms with Crippen molar-refractivity contribution in [3.8, 4) is 5.75 Å². The monoisotopic (exact) mass is 289 g/mol. The molecular formula is C16H19NO4. The van der Waals surface area contributed by atoms with Crippen LogP contribution in [0.5, 0.6) is 5.75 Å². The molecule has 112 valence electrons. The maximum absolute atomic E-state index is 12.2. The van der Waals surface area contributed by atoms with Gasteiger partial charge in [0.2, 0.25) is 0 Å². The Balaban J connectivity index is 2.70. The number of rotatable bonds is 6. The molecule has 0 aliphatic heterocycles. The van der Waals surface area contributed by atoms with E-state index in [0.29, 0.717) is 23.4 Å². The summed E-state index contributed by atoms with van der Waals surface area (Å²) in [5, 5.41) is 9.62. The van der Waals surface area contributed by atoms with Gasteiger partial charge in [0.1, 0.15) is 5.75 Å². The zero-order valence-electron chi connectivity index (χ0n) is 12.3. The first-order valence-electron chi connectivity index (χ1n) is 6.99. The first kappa shape index (κ1) is 15.1. The summed E-state index contributed by atoms with van der Waals surface area (Å²) in [6.07, 6.45) is 1.75. The van der Waals surface area contributed by atoms with Crippen LogP contribution in [0, 0.1) is 0 Å². The van der Waals surface area contributed by atoms with Crippen LogP contribution in [-0.2, 0) is 17.8 Å². The van der Waals surface area contributed by atoms with Crippen molar-refractivity contribution in [3.63, 3.8) is 0 Å². The minimum atomic E-state index is -0.943. The Morgan fingerprint density at radius 1 is 1.33 bits per heavy atom. The van der Waals surface area contributed by atoms with E-state index in [0.717, 1.165) is 18.4 Å². The number of carbonyl (C=O) groups is 1. The van der Waals surface area contributed by atoms with Crippen LogP contribution in [0.15, 0.2) is 29.1 Å². The van der Waals surface area contributed by atoms with Crippen LogP contribution >= 0.6 is 0 Å². The van der Waals surface area contributed by atoms with Crippen molar-refractivity contribution in [2.75, 3.05) is 7.11 Å². The molecular weight excluding hydrogens is 270 g/mol. The van der Waals surface area contributed by atoms with Crippen LogP contribution in [0.3, 0.4) is 0 Å².